The van der Waals surface area contributed by atoms with Crippen molar-refractivity contribution in [1.29, 1.82) is 0 Å². The smallest absolute Gasteiger partial charge is 0.0739 e. The Kier molecular flexibility index (Phi) is 2.76. The summed E-state index contributed by atoms with van der Waals surface area (Å²) in [7, 11) is 0. The van der Waals surface area contributed by atoms with Crippen LogP contribution in [0.25, 0.3) is 0 Å². The van der Waals surface area contributed by atoms with Gasteiger partial charge < -0.3 is 15.8 Å². The molecule has 1 atom stereocenters. The average Bonchev–Trinajstić information content (AvgIpc) is 2.60. The number of anilines is 2. The van der Waals surface area contributed by atoms with Crippen LogP contribution in [0.15, 0.2) is 18.2 Å². The number of halogens is 1. The molecule has 1 aromatic rings. The van der Waals surface area contributed by atoms with E-state index in [0.717, 1.165) is 18.7 Å². The van der Waals surface area contributed by atoms with Gasteiger partial charge in [0, 0.05) is 6.61 Å². The molecule has 0 aliphatic carbocycles. The molecule has 82 valence electrons. The number of benzene rings is 1. The van der Waals surface area contributed by atoms with Crippen molar-refractivity contribution in [3.63, 3.8) is 0 Å². The van der Waals surface area contributed by atoms with Gasteiger partial charge in [0.2, 0.25) is 0 Å². The van der Waals surface area contributed by atoms with Crippen LogP contribution in [-0.2, 0) is 4.74 Å². The number of hydrogen-bond acceptors (Lipinski definition) is 3. The van der Waals surface area contributed by atoms with Gasteiger partial charge in [0.1, 0.15) is 0 Å². The fraction of sp³-hybridized carbons (Fsp3) is 0.455. The molecule has 1 saturated heterocycles. The standard InChI is InChI=1S/C11H15ClN2O/c1-11(5-6-15-7-11)14-9-4-2-3-8(12)10(9)13/h2-4,14H,5-7,13H2,1H3. The number of ether oxygens (including phenoxy) is 1. The van der Waals surface area contributed by atoms with E-state index in [0.29, 0.717) is 17.3 Å². The zero-order chi connectivity index (χ0) is 10.9. The van der Waals surface area contributed by atoms with Crippen LogP contribution in [0.2, 0.25) is 5.02 Å². The van der Waals surface area contributed by atoms with Gasteiger partial charge in [-0.25, -0.2) is 0 Å². The van der Waals surface area contributed by atoms with E-state index in [-0.39, 0.29) is 5.54 Å². The summed E-state index contributed by atoms with van der Waals surface area (Å²) in [4.78, 5) is 0. The van der Waals surface area contributed by atoms with Gasteiger partial charge in [0.05, 0.1) is 28.5 Å². The van der Waals surface area contributed by atoms with Gasteiger partial charge in [-0.2, -0.15) is 0 Å². The highest BCUT2D eigenvalue weighted by Crippen LogP contribution is 2.31. The third-order valence-electron chi connectivity index (χ3n) is 2.71. The Bertz CT molecular complexity index is 362. The van der Waals surface area contributed by atoms with Crippen molar-refractivity contribution < 1.29 is 4.74 Å². The van der Waals surface area contributed by atoms with Crippen molar-refractivity contribution in [1.82, 2.24) is 0 Å². The molecule has 0 saturated carbocycles. The van der Waals surface area contributed by atoms with Crippen molar-refractivity contribution in [2.24, 2.45) is 0 Å². The minimum Gasteiger partial charge on any atom is -0.396 e. The van der Waals surface area contributed by atoms with Crippen molar-refractivity contribution in [3.8, 4) is 0 Å². The Hall–Kier alpha value is -0.930. The second-order valence-corrected chi connectivity index (χ2v) is 4.60. The van der Waals surface area contributed by atoms with E-state index < -0.39 is 0 Å². The average molecular weight is 227 g/mol. The van der Waals surface area contributed by atoms with Crippen LogP contribution in [0, 0.1) is 0 Å². The minimum absolute atomic E-state index is 0.0290. The number of para-hydroxylation sites is 1. The van der Waals surface area contributed by atoms with Gasteiger partial charge in [0.25, 0.3) is 0 Å². The second-order valence-electron chi connectivity index (χ2n) is 4.19. The van der Waals surface area contributed by atoms with Crippen LogP contribution < -0.4 is 11.1 Å². The highest BCUT2D eigenvalue weighted by Gasteiger charge is 2.29. The second kappa shape index (κ2) is 3.91. The molecule has 2 rings (SSSR count). The number of nitrogen functional groups attached to an aromatic ring is 1. The lowest BCUT2D eigenvalue weighted by Crippen LogP contribution is -2.35. The molecule has 1 aromatic carbocycles. The zero-order valence-electron chi connectivity index (χ0n) is 8.72. The Balaban J connectivity index is 2.20. The van der Waals surface area contributed by atoms with Crippen LogP contribution in [0.1, 0.15) is 13.3 Å². The normalized spacial score (nSPS) is 25.5. The molecule has 15 heavy (non-hydrogen) atoms. The monoisotopic (exact) mass is 226 g/mol. The van der Waals surface area contributed by atoms with E-state index >= 15 is 0 Å². The van der Waals surface area contributed by atoms with Gasteiger partial charge in [-0.15, -0.1) is 0 Å². The summed E-state index contributed by atoms with van der Waals surface area (Å²) in [5, 5.41) is 3.98. The number of nitrogens with two attached hydrogens (primary N) is 1. The Morgan fingerprint density at radius 2 is 2.33 bits per heavy atom. The van der Waals surface area contributed by atoms with Crippen LogP contribution in [0.5, 0.6) is 0 Å². The van der Waals surface area contributed by atoms with Crippen molar-refractivity contribution >= 4 is 23.0 Å². The summed E-state index contributed by atoms with van der Waals surface area (Å²) in [5.74, 6) is 0. The molecule has 3 N–H and O–H groups in total. The summed E-state index contributed by atoms with van der Waals surface area (Å²) >= 11 is 5.95. The predicted molar refractivity (Wildman–Crippen MR) is 63.3 cm³/mol. The van der Waals surface area contributed by atoms with Crippen molar-refractivity contribution in [2.75, 3.05) is 24.3 Å². The number of nitrogens with one attached hydrogen (secondary N) is 1. The Labute approximate surface area is 94.6 Å². The molecule has 3 nitrogen and oxygen atoms in total. The van der Waals surface area contributed by atoms with Gasteiger partial charge in [0.15, 0.2) is 0 Å². The molecule has 1 unspecified atom stereocenters. The maximum Gasteiger partial charge on any atom is 0.0739 e. The number of rotatable bonds is 2. The first kappa shape index (κ1) is 10.6. The lowest BCUT2D eigenvalue weighted by Gasteiger charge is -2.26. The van der Waals surface area contributed by atoms with E-state index in [4.69, 9.17) is 22.1 Å². The lowest BCUT2D eigenvalue weighted by atomic mass is 10.0. The minimum atomic E-state index is -0.0290. The summed E-state index contributed by atoms with van der Waals surface area (Å²) in [5.41, 5.74) is 7.34. The van der Waals surface area contributed by atoms with E-state index in [2.05, 4.69) is 12.2 Å². The molecule has 0 amide bonds. The summed E-state index contributed by atoms with van der Waals surface area (Å²) in [6, 6.07) is 5.61. The molecule has 1 fully saturated rings. The molecular formula is C11H15ClN2O. The summed E-state index contributed by atoms with van der Waals surface area (Å²) in [6.45, 7) is 3.63. The van der Waals surface area contributed by atoms with Gasteiger partial charge in [-0.3, -0.25) is 0 Å². The maximum atomic E-state index is 5.95. The highest BCUT2D eigenvalue weighted by atomic mass is 35.5. The number of hydrogen-bond donors (Lipinski definition) is 2. The first-order valence-electron chi connectivity index (χ1n) is 5.01. The fourth-order valence-electron chi connectivity index (χ4n) is 1.74. The molecule has 1 aliphatic heterocycles. The molecular weight excluding hydrogens is 212 g/mol. The molecule has 1 aliphatic rings. The molecule has 0 bridgehead atoms. The van der Waals surface area contributed by atoms with Crippen molar-refractivity contribution in [2.45, 2.75) is 18.9 Å². The van der Waals surface area contributed by atoms with E-state index in [1.165, 1.54) is 0 Å². The van der Waals surface area contributed by atoms with E-state index in [9.17, 15) is 0 Å². The van der Waals surface area contributed by atoms with Gasteiger partial charge >= 0.3 is 0 Å². The third-order valence-corrected chi connectivity index (χ3v) is 3.04. The van der Waals surface area contributed by atoms with E-state index in [1.54, 1.807) is 6.07 Å². The van der Waals surface area contributed by atoms with Crippen LogP contribution >= 0.6 is 11.6 Å². The van der Waals surface area contributed by atoms with Gasteiger partial charge in [-0.05, 0) is 25.5 Å². The topological polar surface area (TPSA) is 47.3 Å². The third kappa shape index (κ3) is 2.19. The fourth-order valence-corrected chi connectivity index (χ4v) is 1.91. The summed E-state index contributed by atoms with van der Waals surface area (Å²) < 4.78 is 5.37. The molecule has 0 spiro atoms. The van der Waals surface area contributed by atoms with Crippen LogP contribution in [-0.4, -0.2) is 18.8 Å². The Morgan fingerprint density at radius 3 is 3.00 bits per heavy atom. The SMILES string of the molecule is CC1(Nc2cccc(Cl)c2N)CCOC1. The van der Waals surface area contributed by atoms with E-state index in [1.807, 2.05) is 12.1 Å². The lowest BCUT2D eigenvalue weighted by molar-refractivity contribution is 0.185. The molecule has 0 aromatic heterocycles. The Morgan fingerprint density at radius 1 is 1.53 bits per heavy atom. The predicted octanol–water partition coefficient (Wildman–Crippen LogP) is 2.51. The van der Waals surface area contributed by atoms with Gasteiger partial charge in [-0.1, -0.05) is 17.7 Å². The highest BCUT2D eigenvalue weighted by molar-refractivity contribution is 6.33. The van der Waals surface area contributed by atoms with Crippen LogP contribution in [0.4, 0.5) is 11.4 Å². The zero-order valence-corrected chi connectivity index (χ0v) is 9.47. The van der Waals surface area contributed by atoms with Crippen LogP contribution in [0.3, 0.4) is 0 Å². The molecule has 1 heterocycles. The molecule has 0 radical (unpaired) electrons. The summed E-state index contributed by atoms with van der Waals surface area (Å²) in [6.07, 6.45) is 0.985. The van der Waals surface area contributed by atoms with Crippen molar-refractivity contribution in [3.05, 3.63) is 23.2 Å². The quantitative estimate of drug-likeness (QED) is 0.762. The maximum absolute atomic E-state index is 5.95. The first-order chi connectivity index (χ1) is 7.11. The molecule has 4 heteroatoms. The largest absolute Gasteiger partial charge is 0.396 e. The first-order valence-corrected chi connectivity index (χ1v) is 5.38.